The van der Waals surface area contributed by atoms with Gasteiger partial charge in [-0.2, -0.15) is 0 Å². The minimum atomic E-state index is -0.0947. The normalized spacial score (nSPS) is 10.2. The van der Waals surface area contributed by atoms with Crippen LogP contribution in [0.4, 0.5) is 0 Å². The fraction of sp³-hybridized carbons (Fsp3) is 0.214. The quantitative estimate of drug-likeness (QED) is 0.785. The molecule has 0 fully saturated rings. The lowest BCUT2D eigenvalue weighted by Gasteiger charge is -2.06. The molecule has 0 N–H and O–H groups in total. The number of benzene rings is 1. The molecule has 1 aromatic carbocycles. The van der Waals surface area contributed by atoms with Crippen LogP contribution in [-0.4, -0.2) is 30.0 Å². The van der Waals surface area contributed by atoms with Gasteiger partial charge in [0.15, 0.2) is 5.78 Å². The number of aromatic nitrogens is 2. The molecule has 104 valence electrons. The van der Waals surface area contributed by atoms with Crippen LogP contribution in [0.2, 0.25) is 0 Å². The van der Waals surface area contributed by atoms with Crippen molar-refractivity contribution in [2.45, 2.75) is 6.42 Å². The third kappa shape index (κ3) is 3.33. The van der Waals surface area contributed by atoms with Gasteiger partial charge in [0.1, 0.15) is 17.8 Å². The van der Waals surface area contributed by atoms with Crippen LogP contribution >= 0.6 is 15.9 Å². The number of nitrogens with zero attached hydrogens (tertiary/aromatic N) is 2. The summed E-state index contributed by atoms with van der Waals surface area (Å²) in [5.41, 5.74) is 1.21. The van der Waals surface area contributed by atoms with E-state index in [0.717, 1.165) is 15.8 Å². The molecule has 2 rings (SSSR count). The Bertz CT molecular complexity index is 632. The van der Waals surface area contributed by atoms with Gasteiger partial charge in [0, 0.05) is 12.5 Å². The Hall–Kier alpha value is -1.95. The molecule has 0 unspecified atom stereocenters. The van der Waals surface area contributed by atoms with Gasteiger partial charge in [-0.25, -0.2) is 9.97 Å². The molecule has 5 nitrogen and oxygen atoms in total. The zero-order chi connectivity index (χ0) is 14.5. The Morgan fingerprint density at radius 3 is 2.65 bits per heavy atom. The van der Waals surface area contributed by atoms with Crippen molar-refractivity contribution >= 4 is 21.7 Å². The molecule has 20 heavy (non-hydrogen) atoms. The van der Waals surface area contributed by atoms with Crippen molar-refractivity contribution in [3.05, 3.63) is 46.3 Å². The molecular formula is C14H13BrN2O3. The number of hydrogen-bond donors (Lipinski definition) is 0. The van der Waals surface area contributed by atoms with Crippen LogP contribution in [0.3, 0.4) is 0 Å². The zero-order valence-corrected chi connectivity index (χ0v) is 12.7. The molecule has 0 aliphatic heterocycles. The zero-order valence-electron chi connectivity index (χ0n) is 11.1. The highest BCUT2D eigenvalue weighted by Crippen LogP contribution is 2.26. The van der Waals surface area contributed by atoms with Gasteiger partial charge in [-0.05, 0) is 33.6 Å². The first-order chi connectivity index (χ1) is 9.63. The lowest BCUT2D eigenvalue weighted by Crippen LogP contribution is -2.07. The van der Waals surface area contributed by atoms with Crippen molar-refractivity contribution in [3.63, 3.8) is 0 Å². The van der Waals surface area contributed by atoms with E-state index in [4.69, 9.17) is 9.47 Å². The Morgan fingerprint density at radius 1 is 1.20 bits per heavy atom. The summed E-state index contributed by atoms with van der Waals surface area (Å²) in [6.45, 7) is 0. The maximum Gasteiger partial charge on any atom is 0.216 e. The van der Waals surface area contributed by atoms with Gasteiger partial charge in [-0.1, -0.05) is 6.07 Å². The molecular weight excluding hydrogens is 324 g/mol. The predicted molar refractivity (Wildman–Crippen MR) is 77.3 cm³/mol. The third-order valence-electron chi connectivity index (χ3n) is 2.72. The lowest BCUT2D eigenvalue weighted by atomic mass is 10.1. The van der Waals surface area contributed by atoms with E-state index in [2.05, 4.69) is 25.9 Å². The molecule has 0 saturated carbocycles. The molecule has 0 aliphatic carbocycles. The Balaban J connectivity index is 2.16. The van der Waals surface area contributed by atoms with Crippen molar-refractivity contribution < 1.29 is 14.3 Å². The van der Waals surface area contributed by atoms with Gasteiger partial charge in [0.2, 0.25) is 5.88 Å². The average molecular weight is 337 g/mol. The number of carbonyl (C=O) groups is 1. The van der Waals surface area contributed by atoms with Crippen molar-refractivity contribution in [1.82, 2.24) is 9.97 Å². The molecule has 0 amide bonds. The first-order valence-electron chi connectivity index (χ1n) is 5.85. The van der Waals surface area contributed by atoms with E-state index in [0.29, 0.717) is 11.6 Å². The van der Waals surface area contributed by atoms with E-state index >= 15 is 0 Å². The van der Waals surface area contributed by atoms with Gasteiger partial charge in [0.25, 0.3) is 0 Å². The highest BCUT2D eigenvalue weighted by atomic mass is 79.9. The maximum atomic E-state index is 12.2. The monoisotopic (exact) mass is 336 g/mol. The summed E-state index contributed by atoms with van der Waals surface area (Å²) >= 11 is 3.39. The van der Waals surface area contributed by atoms with E-state index in [1.807, 2.05) is 18.2 Å². The van der Waals surface area contributed by atoms with E-state index in [9.17, 15) is 4.79 Å². The summed E-state index contributed by atoms with van der Waals surface area (Å²) in [7, 11) is 3.09. The second-order valence-corrected chi connectivity index (χ2v) is 4.87. The molecule has 0 atom stereocenters. The molecule has 1 aromatic heterocycles. The van der Waals surface area contributed by atoms with Crippen molar-refractivity contribution in [1.29, 1.82) is 0 Å². The van der Waals surface area contributed by atoms with Gasteiger partial charge < -0.3 is 9.47 Å². The van der Waals surface area contributed by atoms with Crippen molar-refractivity contribution in [2.24, 2.45) is 0 Å². The molecule has 0 radical (unpaired) electrons. The number of hydrogen-bond acceptors (Lipinski definition) is 5. The van der Waals surface area contributed by atoms with Crippen LogP contribution in [-0.2, 0) is 6.42 Å². The van der Waals surface area contributed by atoms with Gasteiger partial charge >= 0.3 is 0 Å². The number of carbonyl (C=O) groups excluding carboxylic acids is 1. The van der Waals surface area contributed by atoms with Crippen molar-refractivity contribution in [3.8, 4) is 11.6 Å². The van der Waals surface area contributed by atoms with Crippen LogP contribution < -0.4 is 9.47 Å². The SMILES string of the molecule is COc1cc(C(=O)Cc2ccc(OC)c(Br)c2)ncn1. The molecule has 0 aliphatic rings. The minimum Gasteiger partial charge on any atom is -0.496 e. The lowest BCUT2D eigenvalue weighted by molar-refractivity contribution is 0.0987. The molecule has 0 spiro atoms. The number of methoxy groups -OCH3 is 2. The Morgan fingerprint density at radius 2 is 2.00 bits per heavy atom. The second kappa shape index (κ2) is 6.47. The number of ketones is 1. The largest absolute Gasteiger partial charge is 0.496 e. The second-order valence-electron chi connectivity index (χ2n) is 4.01. The smallest absolute Gasteiger partial charge is 0.216 e. The minimum absolute atomic E-state index is 0.0947. The van der Waals surface area contributed by atoms with Crippen LogP contribution in [0.15, 0.2) is 35.1 Å². The van der Waals surface area contributed by atoms with Gasteiger partial charge in [-0.15, -0.1) is 0 Å². The van der Waals surface area contributed by atoms with Gasteiger partial charge in [-0.3, -0.25) is 4.79 Å². The molecule has 0 bridgehead atoms. The van der Waals surface area contributed by atoms with E-state index < -0.39 is 0 Å². The highest BCUT2D eigenvalue weighted by molar-refractivity contribution is 9.10. The first kappa shape index (κ1) is 14.5. The number of ether oxygens (including phenoxy) is 2. The fourth-order valence-corrected chi connectivity index (χ4v) is 2.29. The number of rotatable bonds is 5. The highest BCUT2D eigenvalue weighted by Gasteiger charge is 2.11. The molecule has 6 heteroatoms. The summed E-state index contributed by atoms with van der Waals surface area (Å²) in [4.78, 5) is 20.0. The maximum absolute atomic E-state index is 12.2. The van der Waals surface area contributed by atoms with Gasteiger partial charge in [0.05, 0.1) is 18.7 Å². The molecule has 2 aromatic rings. The standard InChI is InChI=1S/C14H13BrN2O3/c1-19-13-4-3-9(5-10(13)15)6-12(18)11-7-14(20-2)17-8-16-11/h3-5,7-8H,6H2,1-2H3. The van der Waals surface area contributed by atoms with E-state index in [1.54, 1.807) is 7.11 Å². The number of Topliss-reactive ketones (excluding diaryl/α,β-unsaturated/α-hetero) is 1. The van der Waals surface area contributed by atoms with Crippen molar-refractivity contribution in [2.75, 3.05) is 14.2 Å². The van der Waals surface area contributed by atoms with E-state index in [-0.39, 0.29) is 12.2 Å². The topological polar surface area (TPSA) is 61.3 Å². The summed E-state index contributed by atoms with van der Waals surface area (Å²) in [6, 6.07) is 7.04. The summed E-state index contributed by atoms with van der Waals surface area (Å²) in [5.74, 6) is 1.01. The summed E-state index contributed by atoms with van der Waals surface area (Å²) < 4.78 is 10.9. The Labute approximate surface area is 125 Å². The first-order valence-corrected chi connectivity index (χ1v) is 6.65. The summed E-state index contributed by atoms with van der Waals surface area (Å²) in [6.07, 6.45) is 1.57. The van der Waals surface area contributed by atoms with E-state index in [1.165, 1.54) is 19.5 Å². The van der Waals surface area contributed by atoms with Crippen LogP contribution in [0, 0.1) is 0 Å². The van der Waals surface area contributed by atoms with Crippen LogP contribution in [0.25, 0.3) is 0 Å². The molecule has 0 saturated heterocycles. The summed E-state index contributed by atoms with van der Waals surface area (Å²) in [5, 5.41) is 0. The third-order valence-corrected chi connectivity index (χ3v) is 3.34. The number of halogens is 1. The fourth-order valence-electron chi connectivity index (χ4n) is 1.70. The van der Waals surface area contributed by atoms with Crippen LogP contribution in [0.5, 0.6) is 11.6 Å². The predicted octanol–water partition coefficient (Wildman–Crippen LogP) is 2.68. The average Bonchev–Trinajstić information content (AvgIpc) is 2.47. The Kier molecular flexibility index (Phi) is 4.68. The molecule has 1 heterocycles. The van der Waals surface area contributed by atoms with Crippen LogP contribution in [0.1, 0.15) is 16.1 Å².